The van der Waals surface area contributed by atoms with Crippen molar-refractivity contribution in [1.29, 1.82) is 0 Å². The summed E-state index contributed by atoms with van der Waals surface area (Å²) >= 11 is 0. The van der Waals surface area contributed by atoms with Crippen LogP contribution in [0.2, 0.25) is 0 Å². The van der Waals surface area contributed by atoms with Crippen LogP contribution in [0, 0.1) is 17.6 Å². The number of nitrogens with two attached hydrogens (primary N) is 1. The third-order valence-corrected chi connectivity index (χ3v) is 4.93. The SMILES string of the molecule is NC1CCCC1CCS(=O)c1ccc(F)c(F)c1. The highest BCUT2D eigenvalue weighted by molar-refractivity contribution is 7.85. The molecule has 0 amide bonds. The van der Waals surface area contributed by atoms with Crippen LogP contribution in [-0.4, -0.2) is 16.0 Å². The van der Waals surface area contributed by atoms with Gasteiger partial charge in [0.05, 0.1) is 10.8 Å². The van der Waals surface area contributed by atoms with Gasteiger partial charge in [0.1, 0.15) is 0 Å². The third-order valence-electron chi connectivity index (χ3n) is 3.55. The lowest BCUT2D eigenvalue weighted by Gasteiger charge is -2.14. The van der Waals surface area contributed by atoms with Crippen LogP contribution in [0.1, 0.15) is 25.7 Å². The molecule has 0 spiro atoms. The van der Waals surface area contributed by atoms with Crippen molar-refractivity contribution < 1.29 is 13.0 Å². The minimum Gasteiger partial charge on any atom is -0.327 e. The van der Waals surface area contributed by atoms with Gasteiger partial charge in [0.15, 0.2) is 11.6 Å². The van der Waals surface area contributed by atoms with E-state index < -0.39 is 22.4 Å². The maximum absolute atomic E-state index is 13.0. The average molecular weight is 273 g/mol. The minimum absolute atomic E-state index is 0.201. The number of hydrogen-bond donors (Lipinski definition) is 1. The van der Waals surface area contributed by atoms with Crippen molar-refractivity contribution in [3.63, 3.8) is 0 Å². The molecule has 18 heavy (non-hydrogen) atoms. The van der Waals surface area contributed by atoms with Crippen LogP contribution in [0.4, 0.5) is 8.78 Å². The Balaban J connectivity index is 1.93. The van der Waals surface area contributed by atoms with Crippen molar-refractivity contribution in [1.82, 2.24) is 0 Å². The quantitative estimate of drug-likeness (QED) is 0.916. The Morgan fingerprint density at radius 2 is 2.06 bits per heavy atom. The van der Waals surface area contributed by atoms with E-state index in [0.29, 0.717) is 16.6 Å². The minimum atomic E-state index is -1.28. The van der Waals surface area contributed by atoms with Crippen LogP contribution >= 0.6 is 0 Å². The molecule has 0 bridgehead atoms. The summed E-state index contributed by atoms with van der Waals surface area (Å²) in [6.45, 7) is 0. The van der Waals surface area contributed by atoms with Gasteiger partial charge in [-0.2, -0.15) is 0 Å². The second-order valence-electron chi connectivity index (χ2n) is 4.77. The molecular formula is C13H17F2NOS. The first kappa shape index (κ1) is 13.6. The van der Waals surface area contributed by atoms with E-state index in [2.05, 4.69) is 0 Å². The summed E-state index contributed by atoms with van der Waals surface area (Å²) in [7, 11) is -1.28. The molecule has 0 heterocycles. The van der Waals surface area contributed by atoms with Crippen molar-refractivity contribution in [3.8, 4) is 0 Å². The number of rotatable bonds is 4. The van der Waals surface area contributed by atoms with Crippen LogP contribution in [0.5, 0.6) is 0 Å². The van der Waals surface area contributed by atoms with Gasteiger partial charge in [0, 0.05) is 16.7 Å². The average Bonchev–Trinajstić information content (AvgIpc) is 2.75. The number of halogens is 2. The Morgan fingerprint density at radius 1 is 1.28 bits per heavy atom. The molecule has 0 radical (unpaired) electrons. The number of benzene rings is 1. The van der Waals surface area contributed by atoms with E-state index in [1.165, 1.54) is 6.07 Å². The summed E-state index contributed by atoms with van der Waals surface area (Å²) < 4.78 is 37.7. The van der Waals surface area contributed by atoms with Gasteiger partial charge in [-0.05, 0) is 43.4 Å². The summed E-state index contributed by atoms with van der Waals surface area (Å²) in [4.78, 5) is 0.348. The highest BCUT2D eigenvalue weighted by atomic mass is 32.2. The molecule has 0 saturated heterocycles. The zero-order valence-corrected chi connectivity index (χ0v) is 10.9. The standard InChI is InChI=1S/C13H17F2NOS/c14-11-5-4-10(8-12(11)15)18(17)7-6-9-2-1-3-13(9)16/h4-5,8-9,13H,1-3,6-7,16H2. The predicted molar refractivity (Wildman–Crippen MR) is 67.6 cm³/mol. The maximum atomic E-state index is 13.0. The molecule has 5 heteroatoms. The normalized spacial score (nSPS) is 25.3. The van der Waals surface area contributed by atoms with Gasteiger partial charge >= 0.3 is 0 Å². The van der Waals surface area contributed by atoms with Gasteiger partial charge in [0.2, 0.25) is 0 Å². The van der Waals surface area contributed by atoms with Crippen molar-refractivity contribution in [2.75, 3.05) is 5.75 Å². The van der Waals surface area contributed by atoms with E-state index in [1.807, 2.05) is 0 Å². The molecule has 3 unspecified atom stereocenters. The first-order valence-corrected chi connectivity index (χ1v) is 7.49. The van der Waals surface area contributed by atoms with Gasteiger partial charge in [-0.15, -0.1) is 0 Å². The Labute approximate surface area is 108 Å². The zero-order chi connectivity index (χ0) is 13.1. The third kappa shape index (κ3) is 3.14. The summed E-state index contributed by atoms with van der Waals surface area (Å²) in [6.07, 6.45) is 4.02. The fourth-order valence-electron chi connectivity index (χ4n) is 2.42. The van der Waals surface area contributed by atoms with Crippen LogP contribution < -0.4 is 5.73 Å². The predicted octanol–water partition coefficient (Wildman–Crippen LogP) is 2.59. The summed E-state index contributed by atoms with van der Waals surface area (Å²) in [5.41, 5.74) is 5.94. The topological polar surface area (TPSA) is 43.1 Å². The van der Waals surface area contributed by atoms with Gasteiger partial charge in [-0.25, -0.2) is 8.78 Å². The highest BCUT2D eigenvalue weighted by Crippen LogP contribution is 2.27. The van der Waals surface area contributed by atoms with Gasteiger partial charge in [-0.1, -0.05) is 6.42 Å². The van der Waals surface area contributed by atoms with Crippen molar-refractivity contribution >= 4 is 10.8 Å². The molecule has 100 valence electrons. The van der Waals surface area contributed by atoms with Crippen LogP contribution in [0.25, 0.3) is 0 Å². The molecule has 1 aliphatic rings. The first-order chi connectivity index (χ1) is 8.58. The molecule has 0 aromatic heterocycles. The molecular weight excluding hydrogens is 256 g/mol. The molecule has 1 saturated carbocycles. The molecule has 2 N–H and O–H groups in total. The molecule has 0 aliphatic heterocycles. The van der Waals surface area contributed by atoms with Crippen LogP contribution in [0.3, 0.4) is 0 Å². The van der Waals surface area contributed by atoms with E-state index in [-0.39, 0.29) is 6.04 Å². The Kier molecular flexibility index (Phi) is 4.45. The second-order valence-corrected chi connectivity index (χ2v) is 6.34. The van der Waals surface area contributed by atoms with Gasteiger partial charge in [-0.3, -0.25) is 4.21 Å². The Bertz CT molecular complexity index is 453. The van der Waals surface area contributed by atoms with Gasteiger partial charge in [0.25, 0.3) is 0 Å². The van der Waals surface area contributed by atoms with Crippen molar-refractivity contribution in [2.24, 2.45) is 11.7 Å². The lowest BCUT2D eigenvalue weighted by molar-refractivity contribution is 0.468. The molecule has 3 atom stereocenters. The van der Waals surface area contributed by atoms with E-state index in [0.717, 1.165) is 37.8 Å². The Hall–Kier alpha value is -0.810. The van der Waals surface area contributed by atoms with E-state index in [4.69, 9.17) is 5.73 Å². The van der Waals surface area contributed by atoms with E-state index >= 15 is 0 Å². The van der Waals surface area contributed by atoms with Crippen LogP contribution in [0.15, 0.2) is 23.1 Å². The van der Waals surface area contributed by atoms with Crippen LogP contribution in [-0.2, 0) is 10.8 Å². The fourth-order valence-corrected chi connectivity index (χ4v) is 3.63. The molecule has 2 nitrogen and oxygen atoms in total. The van der Waals surface area contributed by atoms with Gasteiger partial charge < -0.3 is 5.73 Å². The Morgan fingerprint density at radius 3 is 2.67 bits per heavy atom. The summed E-state index contributed by atoms with van der Waals surface area (Å²) in [5.74, 6) is -0.977. The van der Waals surface area contributed by atoms with E-state index in [1.54, 1.807) is 0 Å². The molecule has 1 aliphatic carbocycles. The molecule has 1 aromatic carbocycles. The highest BCUT2D eigenvalue weighted by Gasteiger charge is 2.24. The maximum Gasteiger partial charge on any atom is 0.160 e. The monoisotopic (exact) mass is 273 g/mol. The number of hydrogen-bond acceptors (Lipinski definition) is 2. The smallest absolute Gasteiger partial charge is 0.160 e. The summed E-state index contributed by atoms with van der Waals surface area (Å²) in [6, 6.07) is 3.61. The molecule has 1 fully saturated rings. The largest absolute Gasteiger partial charge is 0.327 e. The molecule has 2 rings (SSSR count). The fraction of sp³-hybridized carbons (Fsp3) is 0.538. The zero-order valence-electron chi connectivity index (χ0n) is 10.1. The van der Waals surface area contributed by atoms with Crippen molar-refractivity contribution in [2.45, 2.75) is 36.6 Å². The summed E-state index contributed by atoms with van der Waals surface area (Å²) in [5, 5.41) is 0. The van der Waals surface area contributed by atoms with E-state index in [9.17, 15) is 13.0 Å². The molecule has 1 aromatic rings. The first-order valence-electron chi connectivity index (χ1n) is 6.17. The van der Waals surface area contributed by atoms with Crippen molar-refractivity contribution in [3.05, 3.63) is 29.8 Å². The lowest BCUT2D eigenvalue weighted by Crippen LogP contribution is -2.25. The second kappa shape index (κ2) is 5.89. The lowest BCUT2D eigenvalue weighted by atomic mass is 10.0.